The Hall–Kier alpha value is -2.00. The van der Waals surface area contributed by atoms with E-state index < -0.39 is 8.07 Å². The van der Waals surface area contributed by atoms with Crippen molar-refractivity contribution in [2.75, 3.05) is 14.2 Å². The Kier molecular flexibility index (Phi) is 7.52. The van der Waals surface area contributed by atoms with Crippen molar-refractivity contribution in [3.8, 4) is 11.5 Å². The standard InChI is InChI=1S/C23H32O2Si/c1-6-11-20(26(4,5)21-13-8-7-9-14-21)15-10-12-19-16-17-22(24-2)23(18-19)25-3/h6-9,11,13-14,16-18,20H,10,12,15H2,1-5H3/b11-6+. The van der Waals surface area contributed by atoms with Gasteiger partial charge in [0, 0.05) is 0 Å². The second-order valence-corrected chi connectivity index (χ2v) is 12.1. The quantitative estimate of drug-likeness (QED) is 0.424. The van der Waals surface area contributed by atoms with Crippen molar-refractivity contribution >= 4 is 13.3 Å². The third-order valence-electron chi connectivity index (χ3n) is 5.30. The summed E-state index contributed by atoms with van der Waals surface area (Å²) in [6.07, 6.45) is 8.10. The molecule has 0 aliphatic carbocycles. The highest BCUT2D eigenvalue weighted by molar-refractivity contribution is 6.91. The van der Waals surface area contributed by atoms with Crippen molar-refractivity contribution in [3.05, 3.63) is 66.2 Å². The molecule has 1 unspecified atom stereocenters. The summed E-state index contributed by atoms with van der Waals surface area (Å²) in [5, 5.41) is 1.54. The van der Waals surface area contributed by atoms with E-state index in [9.17, 15) is 0 Å². The summed E-state index contributed by atoms with van der Waals surface area (Å²) in [4.78, 5) is 0. The van der Waals surface area contributed by atoms with Gasteiger partial charge in [0.05, 0.1) is 22.3 Å². The molecule has 0 saturated carbocycles. The average molecular weight is 369 g/mol. The van der Waals surface area contributed by atoms with Crippen LogP contribution in [0.3, 0.4) is 0 Å². The van der Waals surface area contributed by atoms with Gasteiger partial charge in [0.15, 0.2) is 11.5 Å². The van der Waals surface area contributed by atoms with Gasteiger partial charge in [0.25, 0.3) is 0 Å². The van der Waals surface area contributed by atoms with Crippen LogP contribution in [0.2, 0.25) is 18.6 Å². The second kappa shape index (κ2) is 9.63. The van der Waals surface area contributed by atoms with Crippen LogP contribution in [0.1, 0.15) is 25.3 Å². The first-order chi connectivity index (χ1) is 12.5. The molecule has 0 fully saturated rings. The lowest BCUT2D eigenvalue weighted by Crippen LogP contribution is -2.45. The van der Waals surface area contributed by atoms with Gasteiger partial charge in [-0.25, -0.2) is 0 Å². The molecule has 0 saturated heterocycles. The molecule has 0 radical (unpaired) electrons. The molecule has 0 heterocycles. The number of rotatable bonds is 9. The van der Waals surface area contributed by atoms with Crippen molar-refractivity contribution in [2.45, 2.75) is 44.8 Å². The predicted octanol–water partition coefficient (Wildman–Crippen LogP) is 5.59. The fourth-order valence-corrected chi connectivity index (χ4v) is 6.65. The SMILES string of the molecule is C/C=C/C(CCCc1ccc(OC)c(OC)c1)[Si](C)(C)c1ccccc1. The number of hydrogen-bond donors (Lipinski definition) is 0. The minimum atomic E-state index is -1.53. The Labute approximate surface area is 159 Å². The number of methoxy groups -OCH3 is 2. The lowest BCUT2D eigenvalue weighted by Gasteiger charge is -2.31. The first kappa shape index (κ1) is 20.3. The van der Waals surface area contributed by atoms with Gasteiger partial charge in [-0.3, -0.25) is 0 Å². The zero-order valence-corrected chi connectivity index (χ0v) is 17.8. The molecule has 0 spiro atoms. The molecule has 140 valence electrons. The van der Waals surface area contributed by atoms with E-state index in [-0.39, 0.29) is 0 Å². The Morgan fingerprint density at radius 2 is 1.65 bits per heavy atom. The van der Waals surface area contributed by atoms with E-state index in [1.807, 2.05) is 6.07 Å². The molecule has 0 N–H and O–H groups in total. The van der Waals surface area contributed by atoms with Gasteiger partial charge in [-0.05, 0) is 49.4 Å². The summed E-state index contributed by atoms with van der Waals surface area (Å²) in [5.74, 6) is 1.61. The highest BCUT2D eigenvalue weighted by Crippen LogP contribution is 2.31. The van der Waals surface area contributed by atoms with Crippen LogP contribution in [-0.2, 0) is 6.42 Å². The van der Waals surface area contributed by atoms with E-state index in [4.69, 9.17) is 9.47 Å². The normalized spacial score (nSPS) is 13.0. The van der Waals surface area contributed by atoms with Gasteiger partial charge in [-0.1, -0.05) is 66.8 Å². The number of aryl methyl sites for hydroxylation is 1. The maximum atomic E-state index is 5.43. The zero-order valence-electron chi connectivity index (χ0n) is 16.8. The molecule has 0 aliphatic heterocycles. The fraction of sp³-hybridized carbons (Fsp3) is 0.391. The third-order valence-corrected chi connectivity index (χ3v) is 9.45. The third kappa shape index (κ3) is 5.01. The number of ether oxygens (including phenoxy) is 2. The van der Waals surface area contributed by atoms with Crippen molar-refractivity contribution in [1.29, 1.82) is 0 Å². The van der Waals surface area contributed by atoms with Gasteiger partial charge in [-0.15, -0.1) is 0 Å². The van der Waals surface area contributed by atoms with Gasteiger partial charge < -0.3 is 9.47 Å². The summed E-state index contributed by atoms with van der Waals surface area (Å²) >= 11 is 0. The van der Waals surface area contributed by atoms with Crippen molar-refractivity contribution < 1.29 is 9.47 Å². The van der Waals surface area contributed by atoms with Crippen LogP contribution in [0.15, 0.2) is 60.7 Å². The van der Waals surface area contributed by atoms with Gasteiger partial charge in [0.1, 0.15) is 0 Å². The lowest BCUT2D eigenvalue weighted by molar-refractivity contribution is 0.354. The molecule has 2 rings (SSSR count). The summed E-state index contributed by atoms with van der Waals surface area (Å²) in [7, 11) is 1.84. The molecule has 2 nitrogen and oxygen atoms in total. The van der Waals surface area contributed by atoms with Crippen LogP contribution in [-0.4, -0.2) is 22.3 Å². The second-order valence-electron chi connectivity index (χ2n) is 7.30. The Morgan fingerprint density at radius 1 is 0.962 bits per heavy atom. The van der Waals surface area contributed by atoms with Crippen LogP contribution >= 0.6 is 0 Å². The van der Waals surface area contributed by atoms with E-state index in [1.54, 1.807) is 14.2 Å². The van der Waals surface area contributed by atoms with Crippen molar-refractivity contribution in [2.24, 2.45) is 0 Å². The van der Waals surface area contributed by atoms with Crippen LogP contribution in [0.4, 0.5) is 0 Å². The lowest BCUT2D eigenvalue weighted by atomic mass is 10.1. The summed E-state index contributed by atoms with van der Waals surface area (Å²) < 4.78 is 10.8. The zero-order chi connectivity index (χ0) is 19.0. The minimum Gasteiger partial charge on any atom is -0.493 e. The van der Waals surface area contributed by atoms with Gasteiger partial charge >= 0.3 is 0 Å². The molecule has 0 aliphatic rings. The van der Waals surface area contributed by atoms with Gasteiger partial charge in [0.2, 0.25) is 0 Å². The van der Waals surface area contributed by atoms with Crippen LogP contribution in [0, 0.1) is 0 Å². The topological polar surface area (TPSA) is 18.5 Å². The van der Waals surface area contributed by atoms with Crippen molar-refractivity contribution in [1.82, 2.24) is 0 Å². The maximum absolute atomic E-state index is 5.43. The molecule has 2 aromatic carbocycles. The van der Waals surface area contributed by atoms with E-state index in [1.165, 1.54) is 23.6 Å². The van der Waals surface area contributed by atoms with E-state index >= 15 is 0 Å². The van der Waals surface area contributed by atoms with Crippen LogP contribution < -0.4 is 14.7 Å². The highest BCUT2D eigenvalue weighted by Gasteiger charge is 2.31. The molecule has 1 atom stereocenters. The fourth-order valence-electron chi connectivity index (χ4n) is 3.57. The number of allylic oxidation sites excluding steroid dienone is 2. The average Bonchev–Trinajstić information content (AvgIpc) is 2.67. The molecule has 3 heteroatoms. The molecular weight excluding hydrogens is 336 g/mol. The van der Waals surface area contributed by atoms with Gasteiger partial charge in [-0.2, -0.15) is 0 Å². The first-order valence-corrected chi connectivity index (χ1v) is 12.5. The summed E-state index contributed by atoms with van der Waals surface area (Å²) in [5.41, 5.74) is 1.95. The van der Waals surface area contributed by atoms with E-state index in [0.717, 1.165) is 17.9 Å². The van der Waals surface area contributed by atoms with E-state index in [0.29, 0.717) is 5.54 Å². The van der Waals surface area contributed by atoms with E-state index in [2.05, 4.69) is 74.6 Å². The largest absolute Gasteiger partial charge is 0.493 e. The van der Waals surface area contributed by atoms with Crippen LogP contribution in [0.5, 0.6) is 11.5 Å². The van der Waals surface area contributed by atoms with Crippen LogP contribution in [0.25, 0.3) is 0 Å². The number of benzene rings is 2. The summed E-state index contributed by atoms with van der Waals surface area (Å²) in [6, 6.07) is 17.3. The minimum absolute atomic E-state index is 0.648. The predicted molar refractivity (Wildman–Crippen MR) is 115 cm³/mol. The maximum Gasteiger partial charge on any atom is 0.160 e. The van der Waals surface area contributed by atoms with Crippen molar-refractivity contribution in [3.63, 3.8) is 0 Å². The monoisotopic (exact) mass is 368 g/mol. The molecule has 26 heavy (non-hydrogen) atoms. The highest BCUT2D eigenvalue weighted by atomic mass is 28.3. The molecule has 0 bridgehead atoms. The molecular formula is C23H32O2Si. The molecule has 0 aromatic heterocycles. The smallest absolute Gasteiger partial charge is 0.160 e. The molecule has 0 amide bonds. The summed E-state index contributed by atoms with van der Waals surface area (Å²) in [6.45, 7) is 7.11. The Morgan fingerprint density at radius 3 is 2.27 bits per heavy atom. The Bertz CT molecular complexity index is 707. The molecule has 2 aromatic rings. The number of hydrogen-bond acceptors (Lipinski definition) is 2. The first-order valence-electron chi connectivity index (χ1n) is 9.42. The Balaban J connectivity index is 2.05.